The molecule has 0 saturated heterocycles. The maximum absolute atomic E-state index is 10.7. The summed E-state index contributed by atoms with van der Waals surface area (Å²) in [6.45, 7) is 0. The Kier molecular flexibility index (Phi) is 3.78. The first-order valence-corrected chi connectivity index (χ1v) is 6.10. The molecule has 2 aromatic carbocycles. The Balaban J connectivity index is 2.36. The molecule has 1 N–H and O–H groups in total. The molecule has 19 heavy (non-hydrogen) atoms. The van der Waals surface area contributed by atoms with Crippen LogP contribution in [0.1, 0.15) is 5.56 Å². The third-order valence-electron chi connectivity index (χ3n) is 2.44. The van der Waals surface area contributed by atoms with Gasteiger partial charge >= 0.3 is 0 Å². The molecule has 0 bridgehead atoms. The van der Waals surface area contributed by atoms with Gasteiger partial charge in [-0.15, -0.1) is 0 Å². The standard InChI is InChI=1S/C13H8BrN3O2/c14-10-2-1-3-11(7-10)16-13-5-4-12(17(18)19)6-9(13)8-15/h1-7,16H. The minimum atomic E-state index is -0.524. The number of hydrogen-bond donors (Lipinski definition) is 1. The zero-order valence-corrected chi connectivity index (χ0v) is 11.2. The highest BCUT2D eigenvalue weighted by Crippen LogP contribution is 2.26. The third-order valence-corrected chi connectivity index (χ3v) is 2.93. The minimum absolute atomic E-state index is 0.101. The van der Waals surface area contributed by atoms with E-state index in [0.29, 0.717) is 5.69 Å². The largest absolute Gasteiger partial charge is 0.354 e. The van der Waals surface area contributed by atoms with Crippen LogP contribution in [0.25, 0.3) is 0 Å². The smallest absolute Gasteiger partial charge is 0.270 e. The normalized spacial score (nSPS) is 9.68. The number of nitro benzene ring substituents is 1. The number of halogens is 1. The Bertz CT molecular complexity index is 680. The fourth-order valence-corrected chi connectivity index (χ4v) is 1.97. The summed E-state index contributed by atoms with van der Waals surface area (Å²) in [5.41, 5.74) is 1.46. The number of nitriles is 1. The van der Waals surface area contributed by atoms with Gasteiger partial charge in [-0.05, 0) is 24.3 Å². The van der Waals surface area contributed by atoms with E-state index in [2.05, 4.69) is 21.2 Å². The highest BCUT2D eigenvalue weighted by atomic mass is 79.9. The van der Waals surface area contributed by atoms with Crippen molar-refractivity contribution in [1.29, 1.82) is 5.26 Å². The molecule has 0 amide bonds. The molecule has 0 aromatic heterocycles. The van der Waals surface area contributed by atoms with Crippen LogP contribution in [0, 0.1) is 21.4 Å². The van der Waals surface area contributed by atoms with E-state index < -0.39 is 4.92 Å². The van der Waals surface area contributed by atoms with Crippen molar-refractivity contribution in [3.8, 4) is 6.07 Å². The fourth-order valence-electron chi connectivity index (χ4n) is 1.57. The molecule has 5 nitrogen and oxygen atoms in total. The Morgan fingerprint density at radius 3 is 2.68 bits per heavy atom. The van der Waals surface area contributed by atoms with Crippen LogP contribution in [0.15, 0.2) is 46.9 Å². The molecule has 94 valence electrons. The van der Waals surface area contributed by atoms with Gasteiger partial charge in [-0.3, -0.25) is 10.1 Å². The van der Waals surface area contributed by atoms with Crippen LogP contribution in [0.5, 0.6) is 0 Å². The predicted molar refractivity (Wildman–Crippen MR) is 75.2 cm³/mol. The molecule has 0 radical (unpaired) electrons. The molecule has 0 aliphatic heterocycles. The van der Waals surface area contributed by atoms with Crippen molar-refractivity contribution < 1.29 is 4.92 Å². The van der Waals surface area contributed by atoms with Crippen LogP contribution < -0.4 is 5.32 Å². The van der Waals surface area contributed by atoms with Crippen LogP contribution in [-0.2, 0) is 0 Å². The molecule has 6 heteroatoms. The lowest BCUT2D eigenvalue weighted by Gasteiger charge is -2.08. The lowest BCUT2D eigenvalue weighted by molar-refractivity contribution is -0.384. The van der Waals surface area contributed by atoms with E-state index >= 15 is 0 Å². The zero-order valence-electron chi connectivity index (χ0n) is 9.63. The van der Waals surface area contributed by atoms with Gasteiger partial charge in [0.2, 0.25) is 0 Å². The summed E-state index contributed by atoms with van der Waals surface area (Å²) in [7, 11) is 0. The first-order valence-electron chi connectivity index (χ1n) is 5.31. The molecule has 2 rings (SSSR count). The van der Waals surface area contributed by atoms with E-state index in [4.69, 9.17) is 5.26 Å². The highest BCUT2D eigenvalue weighted by Gasteiger charge is 2.10. The molecule has 0 fully saturated rings. The van der Waals surface area contributed by atoms with Crippen molar-refractivity contribution >= 4 is 33.0 Å². The summed E-state index contributed by atoms with van der Waals surface area (Å²) in [5, 5.41) is 22.7. The maximum Gasteiger partial charge on any atom is 0.270 e. The van der Waals surface area contributed by atoms with Crippen molar-refractivity contribution in [2.45, 2.75) is 0 Å². The average Bonchev–Trinajstić information content (AvgIpc) is 2.39. The van der Waals surface area contributed by atoms with Crippen molar-refractivity contribution in [3.05, 3.63) is 62.6 Å². The first kappa shape index (κ1) is 13.1. The molecule has 0 spiro atoms. The first-order chi connectivity index (χ1) is 9.10. The Hall–Kier alpha value is -2.39. The monoisotopic (exact) mass is 317 g/mol. The minimum Gasteiger partial charge on any atom is -0.354 e. The summed E-state index contributed by atoms with van der Waals surface area (Å²) < 4.78 is 0.901. The van der Waals surface area contributed by atoms with Gasteiger partial charge < -0.3 is 5.32 Å². The predicted octanol–water partition coefficient (Wildman–Crippen LogP) is 3.97. The van der Waals surface area contributed by atoms with Gasteiger partial charge in [0.15, 0.2) is 0 Å². The van der Waals surface area contributed by atoms with Gasteiger partial charge in [0.05, 0.1) is 16.2 Å². The van der Waals surface area contributed by atoms with E-state index in [1.165, 1.54) is 18.2 Å². The van der Waals surface area contributed by atoms with E-state index in [1.807, 2.05) is 30.3 Å². The van der Waals surface area contributed by atoms with Crippen LogP contribution in [-0.4, -0.2) is 4.92 Å². The summed E-state index contributed by atoms with van der Waals surface area (Å²) in [5.74, 6) is 0. The summed E-state index contributed by atoms with van der Waals surface area (Å²) in [4.78, 5) is 10.1. The molecule has 2 aromatic rings. The number of rotatable bonds is 3. The number of nitro groups is 1. The van der Waals surface area contributed by atoms with Gasteiger partial charge in [-0.1, -0.05) is 22.0 Å². The maximum atomic E-state index is 10.7. The SMILES string of the molecule is N#Cc1cc([N+](=O)[O-])ccc1Nc1cccc(Br)c1. The zero-order chi connectivity index (χ0) is 13.8. The number of nitrogens with zero attached hydrogens (tertiary/aromatic N) is 2. The topological polar surface area (TPSA) is 79.0 Å². The third kappa shape index (κ3) is 3.09. The summed E-state index contributed by atoms with van der Waals surface area (Å²) >= 11 is 3.35. The molecular formula is C13H8BrN3O2. The molecule has 0 saturated carbocycles. The van der Waals surface area contributed by atoms with Crippen molar-refractivity contribution in [2.24, 2.45) is 0 Å². The van der Waals surface area contributed by atoms with Gasteiger partial charge in [-0.25, -0.2) is 0 Å². The Morgan fingerprint density at radius 2 is 2.05 bits per heavy atom. The molecule has 0 aliphatic rings. The number of hydrogen-bond acceptors (Lipinski definition) is 4. The number of non-ortho nitro benzene ring substituents is 1. The fraction of sp³-hybridized carbons (Fsp3) is 0. The number of anilines is 2. The lowest BCUT2D eigenvalue weighted by Crippen LogP contribution is -1.95. The van der Waals surface area contributed by atoms with Crippen LogP contribution >= 0.6 is 15.9 Å². The van der Waals surface area contributed by atoms with Gasteiger partial charge in [0.25, 0.3) is 5.69 Å². The van der Waals surface area contributed by atoms with Crippen molar-refractivity contribution in [3.63, 3.8) is 0 Å². The van der Waals surface area contributed by atoms with Crippen molar-refractivity contribution in [1.82, 2.24) is 0 Å². The van der Waals surface area contributed by atoms with E-state index in [9.17, 15) is 10.1 Å². The van der Waals surface area contributed by atoms with E-state index in [-0.39, 0.29) is 11.3 Å². The highest BCUT2D eigenvalue weighted by molar-refractivity contribution is 9.10. The molecular weight excluding hydrogens is 310 g/mol. The van der Waals surface area contributed by atoms with Crippen molar-refractivity contribution in [2.75, 3.05) is 5.32 Å². The van der Waals surface area contributed by atoms with Crippen LogP contribution in [0.2, 0.25) is 0 Å². The number of nitrogens with one attached hydrogen (secondary N) is 1. The van der Waals surface area contributed by atoms with Gasteiger partial charge in [0, 0.05) is 22.3 Å². The second kappa shape index (κ2) is 5.50. The second-order valence-electron chi connectivity index (χ2n) is 3.73. The Morgan fingerprint density at radius 1 is 1.26 bits per heavy atom. The summed E-state index contributed by atoms with van der Waals surface area (Å²) in [6, 6.07) is 13.5. The lowest BCUT2D eigenvalue weighted by atomic mass is 10.1. The second-order valence-corrected chi connectivity index (χ2v) is 4.65. The van der Waals surface area contributed by atoms with Gasteiger partial charge in [-0.2, -0.15) is 5.26 Å². The average molecular weight is 318 g/mol. The van der Waals surface area contributed by atoms with Crippen LogP contribution in [0.4, 0.5) is 17.1 Å². The summed E-state index contributed by atoms with van der Waals surface area (Å²) in [6.07, 6.45) is 0. The quantitative estimate of drug-likeness (QED) is 0.686. The van der Waals surface area contributed by atoms with Crippen LogP contribution in [0.3, 0.4) is 0 Å². The van der Waals surface area contributed by atoms with E-state index in [0.717, 1.165) is 10.2 Å². The van der Waals surface area contributed by atoms with Gasteiger partial charge in [0.1, 0.15) is 6.07 Å². The molecule has 0 unspecified atom stereocenters. The number of benzene rings is 2. The van der Waals surface area contributed by atoms with E-state index in [1.54, 1.807) is 0 Å². The molecule has 0 aliphatic carbocycles. The molecule has 0 atom stereocenters. The Labute approximate surface area is 117 Å². The molecule has 0 heterocycles.